The number of piperidine rings is 1. The first-order chi connectivity index (χ1) is 9.83. The van der Waals surface area contributed by atoms with E-state index in [-0.39, 0.29) is 0 Å². The van der Waals surface area contributed by atoms with Crippen molar-refractivity contribution >= 4 is 6.29 Å². The van der Waals surface area contributed by atoms with Gasteiger partial charge in [0.1, 0.15) is 6.29 Å². The molecule has 1 aliphatic heterocycles. The zero-order valence-electron chi connectivity index (χ0n) is 12.1. The van der Waals surface area contributed by atoms with Gasteiger partial charge in [0.15, 0.2) is 11.5 Å². The van der Waals surface area contributed by atoms with Crippen LogP contribution in [0.4, 0.5) is 0 Å². The van der Waals surface area contributed by atoms with Crippen molar-refractivity contribution in [3.8, 4) is 11.5 Å². The maximum Gasteiger partial charge on any atom is 0.161 e. The van der Waals surface area contributed by atoms with E-state index < -0.39 is 0 Å². The van der Waals surface area contributed by atoms with Crippen molar-refractivity contribution in [1.29, 1.82) is 0 Å². The molecule has 1 atom stereocenters. The fourth-order valence-electron chi connectivity index (χ4n) is 2.60. The van der Waals surface area contributed by atoms with Crippen LogP contribution in [0.2, 0.25) is 0 Å². The molecule has 0 aromatic heterocycles. The van der Waals surface area contributed by atoms with Crippen LogP contribution in [0.25, 0.3) is 0 Å². The SMILES string of the molecule is COc1ccc(C=O)cc1OCCCC1CCCNC1. The van der Waals surface area contributed by atoms with Gasteiger partial charge >= 0.3 is 0 Å². The van der Waals surface area contributed by atoms with Gasteiger partial charge in [-0.1, -0.05) is 0 Å². The zero-order chi connectivity index (χ0) is 14.2. The Morgan fingerprint density at radius 1 is 1.40 bits per heavy atom. The molecule has 1 aromatic carbocycles. The van der Waals surface area contributed by atoms with Gasteiger partial charge in [0.05, 0.1) is 13.7 Å². The molecule has 4 nitrogen and oxygen atoms in total. The van der Waals surface area contributed by atoms with Gasteiger partial charge in [-0.25, -0.2) is 0 Å². The van der Waals surface area contributed by atoms with Gasteiger partial charge in [0.2, 0.25) is 0 Å². The van der Waals surface area contributed by atoms with Crippen LogP contribution in [0, 0.1) is 5.92 Å². The van der Waals surface area contributed by atoms with Crippen LogP contribution in [-0.4, -0.2) is 33.1 Å². The first kappa shape index (κ1) is 14.9. The topological polar surface area (TPSA) is 47.6 Å². The van der Waals surface area contributed by atoms with E-state index >= 15 is 0 Å². The summed E-state index contributed by atoms with van der Waals surface area (Å²) in [7, 11) is 1.61. The summed E-state index contributed by atoms with van der Waals surface area (Å²) in [6.07, 6.45) is 5.63. The monoisotopic (exact) mass is 277 g/mol. The van der Waals surface area contributed by atoms with E-state index in [0.717, 1.165) is 31.7 Å². The molecule has 110 valence electrons. The molecule has 1 saturated heterocycles. The number of benzene rings is 1. The predicted octanol–water partition coefficient (Wildman–Crippen LogP) is 2.67. The molecule has 1 N–H and O–H groups in total. The second-order valence-corrected chi connectivity index (χ2v) is 5.23. The highest BCUT2D eigenvalue weighted by Gasteiger charge is 2.12. The molecule has 0 aliphatic carbocycles. The Hall–Kier alpha value is -1.55. The van der Waals surface area contributed by atoms with Crippen molar-refractivity contribution in [2.75, 3.05) is 26.8 Å². The van der Waals surface area contributed by atoms with Crippen LogP contribution < -0.4 is 14.8 Å². The normalized spacial score (nSPS) is 18.6. The van der Waals surface area contributed by atoms with Crippen LogP contribution in [0.1, 0.15) is 36.0 Å². The summed E-state index contributed by atoms with van der Waals surface area (Å²) in [6, 6.07) is 5.23. The Balaban J connectivity index is 1.79. The molecule has 0 radical (unpaired) electrons. The van der Waals surface area contributed by atoms with Crippen LogP contribution in [-0.2, 0) is 0 Å². The first-order valence-corrected chi connectivity index (χ1v) is 7.30. The minimum Gasteiger partial charge on any atom is -0.493 e. The van der Waals surface area contributed by atoms with Crippen molar-refractivity contribution in [1.82, 2.24) is 5.32 Å². The largest absolute Gasteiger partial charge is 0.493 e. The third kappa shape index (κ3) is 4.23. The summed E-state index contributed by atoms with van der Waals surface area (Å²) < 4.78 is 11.0. The number of aldehydes is 1. The first-order valence-electron chi connectivity index (χ1n) is 7.30. The fourth-order valence-corrected chi connectivity index (χ4v) is 2.60. The highest BCUT2D eigenvalue weighted by Crippen LogP contribution is 2.28. The fraction of sp³-hybridized carbons (Fsp3) is 0.562. The second-order valence-electron chi connectivity index (χ2n) is 5.23. The smallest absolute Gasteiger partial charge is 0.161 e. The average Bonchev–Trinajstić information content (AvgIpc) is 2.52. The number of nitrogens with one attached hydrogen (secondary N) is 1. The molecule has 1 aromatic rings. The van der Waals surface area contributed by atoms with E-state index in [1.165, 1.54) is 19.3 Å². The minimum atomic E-state index is 0.609. The molecular formula is C16H23NO3. The van der Waals surface area contributed by atoms with E-state index in [4.69, 9.17) is 9.47 Å². The van der Waals surface area contributed by atoms with Crippen LogP contribution in [0.3, 0.4) is 0 Å². The molecule has 1 fully saturated rings. The number of hydrogen-bond donors (Lipinski definition) is 1. The molecule has 0 bridgehead atoms. The van der Waals surface area contributed by atoms with Crippen molar-refractivity contribution in [3.05, 3.63) is 23.8 Å². The van der Waals surface area contributed by atoms with Gasteiger partial charge in [-0.15, -0.1) is 0 Å². The van der Waals surface area contributed by atoms with Crippen molar-refractivity contribution in [2.24, 2.45) is 5.92 Å². The Labute approximate surface area is 120 Å². The Morgan fingerprint density at radius 2 is 2.30 bits per heavy atom. The van der Waals surface area contributed by atoms with Crippen LogP contribution in [0.5, 0.6) is 11.5 Å². The molecule has 1 heterocycles. The number of carbonyl (C=O) groups excluding carboxylic acids is 1. The van der Waals surface area contributed by atoms with Gasteiger partial charge in [-0.2, -0.15) is 0 Å². The summed E-state index contributed by atoms with van der Waals surface area (Å²) in [5, 5.41) is 3.43. The standard InChI is InChI=1S/C16H23NO3/c1-19-15-7-6-14(12-18)10-16(15)20-9-3-5-13-4-2-8-17-11-13/h6-7,10,12-13,17H,2-5,8-9,11H2,1H3. The van der Waals surface area contributed by atoms with Gasteiger partial charge in [0, 0.05) is 5.56 Å². The lowest BCUT2D eigenvalue weighted by Gasteiger charge is -2.22. The molecule has 20 heavy (non-hydrogen) atoms. The van der Waals surface area contributed by atoms with Crippen molar-refractivity contribution in [2.45, 2.75) is 25.7 Å². The van der Waals surface area contributed by atoms with Gasteiger partial charge in [0.25, 0.3) is 0 Å². The number of rotatable bonds is 7. The highest BCUT2D eigenvalue weighted by molar-refractivity contribution is 5.76. The van der Waals surface area contributed by atoms with E-state index in [1.54, 1.807) is 25.3 Å². The van der Waals surface area contributed by atoms with E-state index in [1.807, 2.05) is 0 Å². The Kier molecular flexibility index (Phi) is 5.87. The van der Waals surface area contributed by atoms with E-state index in [0.29, 0.717) is 23.7 Å². The third-order valence-electron chi connectivity index (χ3n) is 3.74. The second kappa shape index (κ2) is 7.90. The molecule has 0 spiro atoms. The maximum absolute atomic E-state index is 10.8. The van der Waals surface area contributed by atoms with E-state index in [9.17, 15) is 4.79 Å². The average molecular weight is 277 g/mol. The lowest BCUT2D eigenvalue weighted by molar-refractivity contribution is 0.112. The lowest BCUT2D eigenvalue weighted by Crippen LogP contribution is -2.29. The number of hydrogen-bond acceptors (Lipinski definition) is 4. The van der Waals surface area contributed by atoms with Gasteiger partial charge in [-0.3, -0.25) is 4.79 Å². The molecule has 0 saturated carbocycles. The molecule has 0 amide bonds. The molecular weight excluding hydrogens is 254 g/mol. The van der Waals surface area contributed by atoms with Crippen LogP contribution in [0.15, 0.2) is 18.2 Å². The van der Waals surface area contributed by atoms with Gasteiger partial charge < -0.3 is 14.8 Å². The predicted molar refractivity (Wildman–Crippen MR) is 78.7 cm³/mol. The molecule has 4 heteroatoms. The quantitative estimate of drug-likeness (QED) is 0.615. The molecule has 1 unspecified atom stereocenters. The zero-order valence-corrected chi connectivity index (χ0v) is 12.1. The summed E-state index contributed by atoms with van der Waals surface area (Å²) in [5.41, 5.74) is 0.609. The maximum atomic E-state index is 10.8. The van der Waals surface area contributed by atoms with E-state index in [2.05, 4.69) is 5.32 Å². The summed E-state index contributed by atoms with van der Waals surface area (Å²) >= 11 is 0. The van der Waals surface area contributed by atoms with Gasteiger partial charge in [-0.05, 0) is 62.9 Å². The Bertz CT molecular complexity index is 428. The molecule has 1 aliphatic rings. The third-order valence-corrected chi connectivity index (χ3v) is 3.74. The van der Waals surface area contributed by atoms with Crippen LogP contribution >= 0.6 is 0 Å². The minimum absolute atomic E-state index is 0.609. The highest BCUT2D eigenvalue weighted by atomic mass is 16.5. The summed E-state index contributed by atoms with van der Waals surface area (Å²) in [4.78, 5) is 10.8. The summed E-state index contributed by atoms with van der Waals surface area (Å²) in [6.45, 7) is 2.95. The lowest BCUT2D eigenvalue weighted by atomic mass is 9.95. The van der Waals surface area contributed by atoms with Crippen molar-refractivity contribution < 1.29 is 14.3 Å². The Morgan fingerprint density at radius 3 is 3.00 bits per heavy atom. The number of methoxy groups -OCH3 is 1. The number of ether oxygens (including phenoxy) is 2. The number of carbonyl (C=O) groups is 1. The van der Waals surface area contributed by atoms with Crippen molar-refractivity contribution in [3.63, 3.8) is 0 Å². The molecule has 2 rings (SSSR count). The summed E-state index contributed by atoms with van der Waals surface area (Å²) in [5.74, 6) is 2.10.